The predicted octanol–water partition coefficient (Wildman–Crippen LogP) is 11.8. The quantitative estimate of drug-likeness (QED) is 0.0411. The number of aromatic nitrogens is 4. The number of carbonyl (C=O) groups excluding carboxylic acids is 4. The summed E-state index contributed by atoms with van der Waals surface area (Å²) >= 11 is 12.8. The highest BCUT2D eigenvalue weighted by atomic mass is 35.5. The monoisotopic (exact) mass is 1150 g/mol. The van der Waals surface area contributed by atoms with Crippen molar-refractivity contribution in [2.75, 3.05) is 68.8 Å². The number of rotatable bonds is 20. The molecule has 4 amide bonds. The maximum absolute atomic E-state index is 13.7. The average molecular weight is 1150 g/mol. The van der Waals surface area contributed by atoms with Crippen molar-refractivity contribution in [1.29, 1.82) is 0 Å². The molecule has 0 radical (unpaired) electrons. The number of hydrogen-bond acceptors (Lipinski definition) is 15. The van der Waals surface area contributed by atoms with Crippen LogP contribution < -0.4 is 49.7 Å². The van der Waals surface area contributed by atoms with Crippen molar-refractivity contribution in [3.63, 3.8) is 0 Å². The lowest BCUT2D eigenvalue weighted by molar-refractivity contribution is -0.125. The van der Waals surface area contributed by atoms with Crippen LogP contribution in [0.15, 0.2) is 116 Å². The van der Waals surface area contributed by atoms with Gasteiger partial charge in [-0.05, 0) is 105 Å². The number of nitrogens with one attached hydrogen (secondary N) is 4. The Labute approximate surface area is 472 Å². The zero-order valence-corrected chi connectivity index (χ0v) is 45.3. The summed E-state index contributed by atoms with van der Waals surface area (Å²) in [7, 11) is 4.61. The Bertz CT molecular complexity index is 3580. The molecule has 0 atom stereocenters. The lowest BCUT2D eigenvalue weighted by atomic mass is 10.1. The van der Waals surface area contributed by atoms with Crippen LogP contribution in [0.4, 0.5) is 35.9 Å². The minimum atomic E-state index is -0.958. The van der Waals surface area contributed by atoms with Crippen molar-refractivity contribution in [2.45, 2.75) is 38.5 Å². The zero-order chi connectivity index (χ0) is 57.4. The number of halogens is 5. The van der Waals surface area contributed by atoms with Crippen LogP contribution in [0.5, 0.6) is 46.3 Å². The maximum Gasteiger partial charge on any atom is 0.238 e. The number of likely N-dealkylation sites (tertiary alicyclic amines) is 1. The molecule has 1 aliphatic heterocycles. The van der Waals surface area contributed by atoms with Crippen LogP contribution in [0.3, 0.4) is 0 Å². The largest absolute Gasteiger partial charge is 0.493 e. The molecule has 1 aliphatic rings. The third-order valence-electron chi connectivity index (χ3n) is 12.1. The van der Waals surface area contributed by atoms with Gasteiger partial charge in [0.25, 0.3) is 0 Å². The first-order valence-corrected chi connectivity index (χ1v) is 25.8. The Morgan fingerprint density at radius 3 is 1.53 bits per heavy atom. The highest BCUT2D eigenvalue weighted by molar-refractivity contribution is 6.32. The topological polar surface area (TPSA) is 227 Å². The number of fused-ring (bicyclic) bond motifs is 2. The highest BCUT2D eigenvalue weighted by Gasteiger charge is 2.19. The van der Waals surface area contributed by atoms with Crippen LogP contribution in [0.1, 0.15) is 38.5 Å². The van der Waals surface area contributed by atoms with Gasteiger partial charge in [0.05, 0.1) is 68.4 Å². The van der Waals surface area contributed by atoms with Gasteiger partial charge in [0.1, 0.15) is 51.8 Å². The molecule has 1 saturated heterocycles. The fourth-order valence-corrected chi connectivity index (χ4v) is 8.66. The van der Waals surface area contributed by atoms with Crippen LogP contribution in [-0.4, -0.2) is 96.0 Å². The van der Waals surface area contributed by atoms with E-state index in [-0.39, 0.29) is 38.9 Å². The lowest BCUT2D eigenvalue weighted by Crippen LogP contribution is -2.31. The standard InChI is InChI=1S/C32H33ClFN5O5.C25H19ClF2N4O5/c1-42-28-17-24-26(18-29(28)43-15-5-14-39-12-3-2-4-13-39)35-11-10-27(24)44-32-25(33)16-23(20-36-32)38-31(41)19-30(40)37-22-8-6-21(34)7-9-22;1-35-21-9-15-19(10-22(21)36-2)29-6-5-20(15)37-25-16(26)8-14(12-30-25)31-23(33)11-24(34)32-18-4-3-13(27)7-17(18)28/h6-11,16-18,20H,2-5,12-15,19H2,1H3,(H,37,40)(H,38,41);3-10,12H,11H2,1-2H3,(H,31,33)(H,32,34). The first kappa shape index (κ1) is 58.2. The number of pyridine rings is 4. The number of nitrogens with zero attached hydrogens (tertiary/aromatic N) is 5. The van der Waals surface area contributed by atoms with E-state index in [9.17, 15) is 32.3 Å². The van der Waals surface area contributed by atoms with Crippen molar-refractivity contribution in [2.24, 2.45) is 0 Å². The maximum atomic E-state index is 13.7. The van der Waals surface area contributed by atoms with Crippen LogP contribution in [0.2, 0.25) is 10.0 Å². The third kappa shape index (κ3) is 16.1. The van der Waals surface area contributed by atoms with Crippen molar-refractivity contribution < 1.29 is 60.8 Å². The number of anilines is 4. The molecule has 0 aliphatic carbocycles. The van der Waals surface area contributed by atoms with Gasteiger partial charge in [-0.1, -0.05) is 29.6 Å². The van der Waals surface area contributed by atoms with Gasteiger partial charge in [0.2, 0.25) is 35.4 Å². The molecule has 19 nitrogen and oxygen atoms in total. The molecule has 5 heterocycles. The highest BCUT2D eigenvalue weighted by Crippen LogP contribution is 2.40. The Hall–Kier alpha value is -8.99. The van der Waals surface area contributed by atoms with E-state index < -0.39 is 53.9 Å². The van der Waals surface area contributed by atoms with Crippen molar-refractivity contribution in [3.8, 4) is 46.3 Å². The van der Waals surface area contributed by atoms with Crippen LogP contribution >= 0.6 is 23.2 Å². The van der Waals surface area contributed by atoms with E-state index in [4.69, 9.17) is 51.6 Å². The fraction of sp³-hybridized carbons (Fsp3) is 0.228. The number of amides is 4. The van der Waals surface area contributed by atoms with E-state index in [0.717, 1.165) is 38.2 Å². The SMILES string of the molecule is COc1cc2c(Oc3ncc(NC(=O)CC(=O)Nc4ccc(F)cc4)cc3Cl)ccnc2cc1OCCCN1CCCCC1.COc1cc2nccc(Oc3ncc(NC(=O)CC(=O)Nc4ccc(F)cc4F)cc3Cl)c2cc1OC. The van der Waals surface area contributed by atoms with E-state index in [1.807, 2.05) is 6.07 Å². The molecular formula is C57H52Cl2F3N9O10. The van der Waals surface area contributed by atoms with Gasteiger partial charge < -0.3 is 54.6 Å². The molecular weight excluding hydrogens is 1100 g/mol. The zero-order valence-electron chi connectivity index (χ0n) is 43.7. The summed E-state index contributed by atoms with van der Waals surface area (Å²) in [5.41, 5.74) is 1.86. The molecule has 0 saturated carbocycles. The van der Waals surface area contributed by atoms with Crippen molar-refractivity contribution in [3.05, 3.63) is 143 Å². The minimum absolute atomic E-state index is 0.0616. The number of ether oxygens (including phenoxy) is 6. The lowest BCUT2D eigenvalue weighted by Gasteiger charge is -2.26. The Balaban J connectivity index is 0.000000216. The van der Waals surface area contributed by atoms with E-state index in [2.05, 4.69) is 46.1 Å². The second-order valence-corrected chi connectivity index (χ2v) is 18.7. The second kappa shape index (κ2) is 27.7. The van der Waals surface area contributed by atoms with Crippen molar-refractivity contribution >= 4 is 91.4 Å². The second-order valence-electron chi connectivity index (χ2n) is 17.9. The number of benzene rings is 4. The average Bonchev–Trinajstić information content (AvgIpc) is 3.63. The summed E-state index contributed by atoms with van der Waals surface area (Å²) in [6.07, 6.45) is 9.51. The fourth-order valence-electron chi connectivity index (χ4n) is 8.25. The van der Waals surface area contributed by atoms with Gasteiger partial charge in [-0.3, -0.25) is 29.1 Å². The molecule has 8 aromatic rings. The van der Waals surface area contributed by atoms with E-state index in [0.29, 0.717) is 74.7 Å². The summed E-state index contributed by atoms with van der Waals surface area (Å²) in [6, 6.07) is 21.1. The number of carbonyl (C=O) groups is 4. The molecule has 420 valence electrons. The van der Waals surface area contributed by atoms with Crippen LogP contribution in [-0.2, 0) is 19.2 Å². The summed E-state index contributed by atoms with van der Waals surface area (Å²) < 4.78 is 74.0. The number of hydrogen-bond donors (Lipinski definition) is 4. The van der Waals surface area contributed by atoms with Gasteiger partial charge in [-0.25, -0.2) is 23.1 Å². The van der Waals surface area contributed by atoms with Gasteiger partial charge in [0, 0.05) is 53.6 Å². The molecule has 9 rings (SSSR count). The molecule has 81 heavy (non-hydrogen) atoms. The van der Waals surface area contributed by atoms with E-state index in [1.54, 1.807) is 49.8 Å². The molecule has 1 fully saturated rings. The normalized spacial score (nSPS) is 12.1. The minimum Gasteiger partial charge on any atom is -0.493 e. The van der Waals surface area contributed by atoms with E-state index in [1.165, 1.54) is 82.3 Å². The van der Waals surface area contributed by atoms with Crippen molar-refractivity contribution in [1.82, 2.24) is 24.8 Å². The Morgan fingerprint density at radius 2 is 1.01 bits per heavy atom. The van der Waals surface area contributed by atoms with E-state index >= 15 is 0 Å². The molecule has 0 unspecified atom stereocenters. The third-order valence-corrected chi connectivity index (χ3v) is 12.6. The van der Waals surface area contributed by atoms with Crippen LogP contribution in [0.25, 0.3) is 21.8 Å². The van der Waals surface area contributed by atoms with Gasteiger partial charge in [-0.15, -0.1) is 0 Å². The van der Waals surface area contributed by atoms with Gasteiger partial charge >= 0.3 is 0 Å². The summed E-state index contributed by atoms with van der Waals surface area (Å²) in [5, 5.41) is 11.3. The number of methoxy groups -OCH3 is 3. The molecule has 0 bridgehead atoms. The summed E-state index contributed by atoms with van der Waals surface area (Å²) in [6.45, 7) is 3.88. The molecule has 4 aromatic heterocycles. The smallest absolute Gasteiger partial charge is 0.238 e. The molecule has 4 N–H and O–H groups in total. The Morgan fingerprint density at radius 1 is 0.531 bits per heavy atom. The van der Waals surface area contributed by atoms with Gasteiger partial charge in [0.15, 0.2) is 23.0 Å². The molecule has 4 aromatic carbocycles. The number of piperidine rings is 1. The first-order chi connectivity index (χ1) is 39.1. The van der Waals surface area contributed by atoms with Gasteiger partial charge in [-0.2, -0.15) is 0 Å². The molecule has 24 heteroatoms. The van der Waals surface area contributed by atoms with Crippen LogP contribution in [0, 0.1) is 17.5 Å². The first-order valence-electron chi connectivity index (χ1n) is 25.0. The molecule has 0 spiro atoms. The summed E-state index contributed by atoms with van der Waals surface area (Å²) in [5.74, 6) is -1.63. The predicted molar refractivity (Wildman–Crippen MR) is 299 cm³/mol. The summed E-state index contributed by atoms with van der Waals surface area (Å²) in [4.78, 5) is 68.5. The Kier molecular flexibility index (Phi) is 19.9.